The largest absolute Gasteiger partial charge is 0.397 e. The van der Waals surface area contributed by atoms with Gasteiger partial charge >= 0.3 is 0 Å². The van der Waals surface area contributed by atoms with Gasteiger partial charge in [0.25, 0.3) is 0 Å². The second-order valence-electron chi connectivity index (χ2n) is 3.02. The van der Waals surface area contributed by atoms with E-state index < -0.39 is 0 Å². The summed E-state index contributed by atoms with van der Waals surface area (Å²) in [7, 11) is 0. The van der Waals surface area contributed by atoms with Gasteiger partial charge in [-0.15, -0.1) is 0 Å². The lowest BCUT2D eigenvalue weighted by atomic mass is 10.1. The van der Waals surface area contributed by atoms with Crippen molar-refractivity contribution in [2.45, 2.75) is 13.3 Å². The van der Waals surface area contributed by atoms with Crippen molar-refractivity contribution in [2.75, 3.05) is 0 Å². The van der Waals surface area contributed by atoms with Crippen LogP contribution in [0, 0.1) is 11.3 Å². The van der Waals surface area contributed by atoms with Gasteiger partial charge in [-0.25, -0.2) is 0 Å². The number of nitriles is 1. The molecule has 0 heterocycles. The summed E-state index contributed by atoms with van der Waals surface area (Å²) >= 11 is 9.22. The Hall–Kier alpha value is -0.980. The molecule has 0 atom stereocenters. The normalized spacial score (nSPS) is 11.9. The lowest BCUT2D eigenvalue weighted by Crippen LogP contribution is -2.00. The van der Waals surface area contributed by atoms with Crippen LogP contribution in [0.1, 0.15) is 18.9 Å². The standard InChI is InChI=1S/C11H10BrClN2/c1-2-7(6-14)11(15)8-3-9(12)5-10(13)4-8/h3-5H,2,15H2,1H3/b11-7-. The van der Waals surface area contributed by atoms with Crippen LogP contribution in [0.3, 0.4) is 0 Å². The first-order valence-electron chi connectivity index (χ1n) is 4.43. The Morgan fingerprint density at radius 2 is 2.20 bits per heavy atom. The summed E-state index contributed by atoms with van der Waals surface area (Å²) in [6.45, 7) is 1.89. The molecule has 78 valence electrons. The molecule has 0 unspecified atom stereocenters. The van der Waals surface area contributed by atoms with Crippen molar-refractivity contribution in [1.29, 1.82) is 5.26 Å². The summed E-state index contributed by atoms with van der Waals surface area (Å²) in [4.78, 5) is 0. The lowest BCUT2D eigenvalue weighted by Gasteiger charge is -2.05. The molecular weight excluding hydrogens is 275 g/mol. The van der Waals surface area contributed by atoms with E-state index in [0.717, 1.165) is 10.0 Å². The number of nitrogens with two attached hydrogens (primary N) is 1. The summed E-state index contributed by atoms with van der Waals surface area (Å²) in [6.07, 6.45) is 0.618. The van der Waals surface area contributed by atoms with Gasteiger partial charge in [-0.05, 0) is 24.6 Å². The molecule has 4 heteroatoms. The molecule has 0 aliphatic heterocycles. The molecule has 0 fully saturated rings. The fourth-order valence-corrected chi connectivity index (χ4v) is 2.07. The average molecular weight is 286 g/mol. The van der Waals surface area contributed by atoms with E-state index in [4.69, 9.17) is 22.6 Å². The summed E-state index contributed by atoms with van der Waals surface area (Å²) in [5.74, 6) is 0. The number of rotatable bonds is 2. The maximum absolute atomic E-state index is 8.86. The van der Waals surface area contributed by atoms with E-state index >= 15 is 0 Å². The number of benzene rings is 1. The molecule has 1 rings (SSSR count). The number of hydrogen-bond acceptors (Lipinski definition) is 2. The van der Waals surface area contributed by atoms with E-state index in [1.807, 2.05) is 13.0 Å². The molecule has 0 saturated heterocycles. The van der Waals surface area contributed by atoms with E-state index in [-0.39, 0.29) is 0 Å². The minimum atomic E-state index is 0.489. The Kier molecular flexibility index (Phi) is 4.19. The van der Waals surface area contributed by atoms with Gasteiger partial charge < -0.3 is 5.73 Å². The summed E-state index contributed by atoms with van der Waals surface area (Å²) in [5.41, 5.74) is 7.71. The molecule has 2 nitrogen and oxygen atoms in total. The van der Waals surface area contributed by atoms with Crippen LogP contribution in [-0.2, 0) is 0 Å². The topological polar surface area (TPSA) is 49.8 Å². The van der Waals surface area contributed by atoms with Crippen molar-refractivity contribution < 1.29 is 0 Å². The summed E-state index contributed by atoms with van der Waals surface area (Å²) < 4.78 is 0.848. The van der Waals surface area contributed by atoms with Gasteiger partial charge in [-0.1, -0.05) is 34.5 Å². The Labute approximate surface area is 102 Å². The molecular formula is C11H10BrClN2. The van der Waals surface area contributed by atoms with Crippen LogP contribution in [0.15, 0.2) is 28.2 Å². The number of nitrogens with zero attached hydrogens (tertiary/aromatic N) is 1. The van der Waals surface area contributed by atoms with Crippen molar-refractivity contribution in [2.24, 2.45) is 5.73 Å². The van der Waals surface area contributed by atoms with E-state index in [2.05, 4.69) is 22.0 Å². The molecule has 1 aromatic carbocycles. The molecule has 0 saturated carbocycles. The zero-order valence-electron chi connectivity index (χ0n) is 8.22. The minimum Gasteiger partial charge on any atom is -0.397 e. The summed E-state index contributed by atoms with van der Waals surface area (Å²) in [5, 5.41) is 9.46. The highest BCUT2D eigenvalue weighted by Gasteiger charge is 2.05. The SMILES string of the molecule is CC/C(C#N)=C(/N)c1cc(Cl)cc(Br)c1. The molecule has 0 aliphatic rings. The first kappa shape index (κ1) is 12.1. The van der Waals surface area contributed by atoms with Crippen molar-refractivity contribution >= 4 is 33.2 Å². The first-order valence-corrected chi connectivity index (χ1v) is 5.60. The molecule has 0 radical (unpaired) electrons. The highest BCUT2D eigenvalue weighted by Crippen LogP contribution is 2.24. The van der Waals surface area contributed by atoms with Gasteiger partial charge in [-0.2, -0.15) is 5.26 Å². The maximum atomic E-state index is 8.86. The Balaban J connectivity index is 3.28. The quantitative estimate of drug-likeness (QED) is 0.842. The predicted octanol–water partition coefficient (Wildman–Crippen LogP) is 3.71. The van der Waals surface area contributed by atoms with E-state index in [1.54, 1.807) is 12.1 Å². The van der Waals surface area contributed by atoms with E-state index in [9.17, 15) is 0 Å². The van der Waals surface area contributed by atoms with Gasteiger partial charge in [0, 0.05) is 15.1 Å². The fourth-order valence-electron chi connectivity index (χ4n) is 1.21. The van der Waals surface area contributed by atoms with Gasteiger partial charge in [0.2, 0.25) is 0 Å². The zero-order chi connectivity index (χ0) is 11.4. The van der Waals surface area contributed by atoms with Gasteiger partial charge in [0.1, 0.15) is 0 Å². The Morgan fingerprint density at radius 3 is 2.67 bits per heavy atom. The van der Waals surface area contributed by atoms with E-state index in [1.165, 1.54) is 0 Å². The number of halogens is 2. The van der Waals surface area contributed by atoms with Gasteiger partial charge in [0.05, 0.1) is 17.3 Å². The molecule has 0 spiro atoms. The van der Waals surface area contributed by atoms with Crippen molar-refractivity contribution in [3.05, 3.63) is 38.8 Å². The third-order valence-corrected chi connectivity index (χ3v) is 2.66. The van der Waals surface area contributed by atoms with Crippen LogP contribution in [-0.4, -0.2) is 0 Å². The van der Waals surface area contributed by atoms with Crippen LogP contribution in [0.25, 0.3) is 5.70 Å². The molecule has 0 aromatic heterocycles. The van der Waals surface area contributed by atoms with Crippen molar-refractivity contribution in [1.82, 2.24) is 0 Å². The minimum absolute atomic E-state index is 0.489. The molecule has 15 heavy (non-hydrogen) atoms. The fraction of sp³-hybridized carbons (Fsp3) is 0.182. The third kappa shape index (κ3) is 2.98. The van der Waals surface area contributed by atoms with Crippen molar-refractivity contribution in [3.63, 3.8) is 0 Å². The van der Waals surface area contributed by atoms with Gasteiger partial charge in [0.15, 0.2) is 0 Å². The van der Waals surface area contributed by atoms with Crippen LogP contribution in [0.5, 0.6) is 0 Å². The highest BCUT2D eigenvalue weighted by molar-refractivity contribution is 9.10. The van der Waals surface area contributed by atoms with Crippen LogP contribution >= 0.6 is 27.5 Å². The third-order valence-electron chi connectivity index (χ3n) is 1.99. The Morgan fingerprint density at radius 1 is 1.53 bits per heavy atom. The van der Waals surface area contributed by atoms with Crippen molar-refractivity contribution in [3.8, 4) is 6.07 Å². The Bertz CT molecular complexity index is 426. The first-order chi connectivity index (χ1) is 7.08. The monoisotopic (exact) mass is 284 g/mol. The molecule has 0 bridgehead atoms. The number of allylic oxidation sites excluding steroid dienone is 1. The molecule has 2 N–H and O–H groups in total. The number of hydrogen-bond donors (Lipinski definition) is 1. The second kappa shape index (κ2) is 5.20. The smallest absolute Gasteiger partial charge is 0.0968 e. The predicted molar refractivity (Wildman–Crippen MR) is 66.2 cm³/mol. The molecule has 0 amide bonds. The van der Waals surface area contributed by atoms with Crippen LogP contribution < -0.4 is 5.73 Å². The van der Waals surface area contributed by atoms with Crippen LogP contribution in [0.2, 0.25) is 5.02 Å². The average Bonchev–Trinajstić information content (AvgIpc) is 2.18. The van der Waals surface area contributed by atoms with Crippen LogP contribution in [0.4, 0.5) is 0 Å². The van der Waals surface area contributed by atoms with Gasteiger partial charge in [-0.3, -0.25) is 0 Å². The molecule has 1 aromatic rings. The molecule has 0 aliphatic carbocycles. The second-order valence-corrected chi connectivity index (χ2v) is 4.37. The lowest BCUT2D eigenvalue weighted by molar-refractivity contribution is 1.14. The summed E-state index contributed by atoms with van der Waals surface area (Å²) in [6, 6.07) is 7.45. The van der Waals surface area contributed by atoms with E-state index in [0.29, 0.717) is 22.7 Å². The zero-order valence-corrected chi connectivity index (χ0v) is 10.6. The highest BCUT2D eigenvalue weighted by atomic mass is 79.9. The maximum Gasteiger partial charge on any atom is 0.0968 e.